The van der Waals surface area contributed by atoms with E-state index < -0.39 is 0 Å². The van der Waals surface area contributed by atoms with Crippen molar-refractivity contribution in [3.63, 3.8) is 0 Å². The molecule has 0 saturated heterocycles. The van der Waals surface area contributed by atoms with Crippen LogP contribution in [0.25, 0.3) is 11.1 Å². The van der Waals surface area contributed by atoms with Crippen LogP contribution in [0.4, 0.5) is 0 Å². The van der Waals surface area contributed by atoms with Crippen LogP contribution in [0.2, 0.25) is 0 Å². The molecule has 0 aliphatic heterocycles. The molecule has 0 spiro atoms. The predicted molar refractivity (Wildman–Crippen MR) is 66.3 cm³/mol. The van der Waals surface area contributed by atoms with E-state index >= 15 is 0 Å². The Morgan fingerprint density at radius 2 is 1.69 bits per heavy atom. The van der Waals surface area contributed by atoms with Gasteiger partial charge in [-0.1, -0.05) is 37.3 Å². The van der Waals surface area contributed by atoms with Crippen LogP contribution in [0.1, 0.15) is 24.1 Å². The number of rotatable bonds is 2. The van der Waals surface area contributed by atoms with Crippen LogP contribution in [0.15, 0.2) is 30.3 Å². The lowest BCUT2D eigenvalue weighted by Gasteiger charge is -2.11. The van der Waals surface area contributed by atoms with Crippen molar-refractivity contribution in [2.24, 2.45) is 0 Å². The van der Waals surface area contributed by atoms with Gasteiger partial charge in [0, 0.05) is 11.3 Å². The highest BCUT2D eigenvalue weighted by Crippen LogP contribution is 2.25. The maximum absolute atomic E-state index is 4.52. The Hall–Kier alpha value is -1.70. The number of aryl methyl sites for hydroxylation is 3. The lowest BCUT2D eigenvalue weighted by molar-refractivity contribution is 0.931. The van der Waals surface area contributed by atoms with Crippen molar-refractivity contribution >= 4 is 0 Å². The molecule has 1 aromatic carbocycles. The smallest absolute Gasteiger partial charge is 0.125 e. The van der Waals surface area contributed by atoms with Gasteiger partial charge in [0.2, 0.25) is 0 Å². The lowest BCUT2D eigenvalue weighted by Crippen LogP contribution is -2.01. The third-order valence-corrected chi connectivity index (χ3v) is 2.67. The molecule has 1 heterocycles. The van der Waals surface area contributed by atoms with Gasteiger partial charge in [-0.15, -0.1) is 0 Å². The zero-order valence-corrected chi connectivity index (χ0v) is 9.99. The standard InChI is InChI=1S/C14H16N2/c1-4-13-14(10(2)15-11(3)16-13)12-8-6-5-7-9-12/h5-9H,4H2,1-3H3. The molecule has 0 N–H and O–H groups in total. The van der Waals surface area contributed by atoms with Crippen molar-refractivity contribution in [3.8, 4) is 11.1 Å². The molecule has 82 valence electrons. The first-order chi connectivity index (χ1) is 7.72. The van der Waals surface area contributed by atoms with Crippen LogP contribution in [0.3, 0.4) is 0 Å². The van der Waals surface area contributed by atoms with Gasteiger partial charge in [-0.05, 0) is 25.8 Å². The summed E-state index contributed by atoms with van der Waals surface area (Å²) in [5.74, 6) is 0.856. The minimum atomic E-state index is 0.856. The summed E-state index contributed by atoms with van der Waals surface area (Å²) in [5.41, 5.74) is 4.59. The van der Waals surface area contributed by atoms with E-state index in [0.29, 0.717) is 0 Å². The first-order valence-electron chi connectivity index (χ1n) is 5.62. The van der Waals surface area contributed by atoms with E-state index in [9.17, 15) is 0 Å². The van der Waals surface area contributed by atoms with E-state index in [1.165, 1.54) is 11.1 Å². The van der Waals surface area contributed by atoms with E-state index in [1.807, 2.05) is 25.1 Å². The van der Waals surface area contributed by atoms with Crippen molar-refractivity contribution in [1.82, 2.24) is 9.97 Å². The molecule has 0 saturated carbocycles. The highest BCUT2D eigenvalue weighted by molar-refractivity contribution is 5.68. The van der Waals surface area contributed by atoms with Gasteiger partial charge in [-0.25, -0.2) is 9.97 Å². The number of hydrogen-bond donors (Lipinski definition) is 0. The lowest BCUT2D eigenvalue weighted by atomic mass is 10.0. The third-order valence-electron chi connectivity index (χ3n) is 2.67. The summed E-state index contributed by atoms with van der Waals surface area (Å²) >= 11 is 0. The second-order valence-corrected chi connectivity index (χ2v) is 3.90. The van der Waals surface area contributed by atoms with Gasteiger partial charge in [0.15, 0.2) is 0 Å². The third kappa shape index (κ3) is 1.96. The van der Waals surface area contributed by atoms with E-state index in [-0.39, 0.29) is 0 Å². The van der Waals surface area contributed by atoms with Gasteiger partial charge >= 0.3 is 0 Å². The molecule has 1 aromatic heterocycles. The van der Waals surface area contributed by atoms with Gasteiger partial charge in [-0.2, -0.15) is 0 Å². The van der Waals surface area contributed by atoms with Gasteiger partial charge < -0.3 is 0 Å². The number of nitrogens with zero attached hydrogens (tertiary/aromatic N) is 2. The first-order valence-corrected chi connectivity index (χ1v) is 5.62. The van der Waals surface area contributed by atoms with Crippen molar-refractivity contribution in [3.05, 3.63) is 47.5 Å². The Morgan fingerprint density at radius 3 is 2.31 bits per heavy atom. The fourth-order valence-electron chi connectivity index (χ4n) is 2.02. The maximum atomic E-state index is 4.52. The average Bonchev–Trinajstić information content (AvgIpc) is 2.29. The molecule has 0 radical (unpaired) electrons. The van der Waals surface area contributed by atoms with Crippen molar-refractivity contribution < 1.29 is 0 Å². The van der Waals surface area contributed by atoms with E-state index in [4.69, 9.17) is 0 Å². The maximum Gasteiger partial charge on any atom is 0.125 e. The second-order valence-electron chi connectivity index (χ2n) is 3.90. The van der Waals surface area contributed by atoms with E-state index in [0.717, 1.165) is 23.6 Å². The highest BCUT2D eigenvalue weighted by Gasteiger charge is 2.10. The van der Waals surface area contributed by atoms with Gasteiger partial charge in [0.05, 0.1) is 5.69 Å². The molecule has 2 nitrogen and oxygen atoms in total. The van der Waals surface area contributed by atoms with Gasteiger partial charge in [0.1, 0.15) is 5.82 Å². The molecule has 2 heteroatoms. The molecule has 0 aliphatic rings. The summed E-state index contributed by atoms with van der Waals surface area (Å²) in [6.45, 7) is 6.13. The SMILES string of the molecule is CCc1nc(C)nc(C)c1-c1ccccc1. The number of benzene rings is 1. The summed E-state index contributed by atoms with van der Waals surface area (Å²) in [6.07, 6.45) is 0.939. The van der Waals surface area contributed by atoms with Crippen LogP contribution in [-0.2, 0) is 6.42 Å². The fourth-order valence-corrected chi connectivity index (χ4v) is 2.02. The van der Waals surface area contributed by atoms with Crippen molar-refractivity contribution in [2.45, 2.75) is 27.2 Å². The highest BCUT2D eigenvalue weighted by atomic mass is 14.9. The molecule has 2 rings (SSSR count). The Bertz CT molecular complexity index is 490. The summed E-state index contributed by atoms with van der Waals surface area (Å²) in [6, 6.07) is 10.3. The summed E-state index contributed by atoms with van der Waals surface area (Å²) < 4.78 is 0. The Morgan fingerprint density at radius 1 is 1.00 bits per heavy atom. The minimum absolute atomic E-state index is 0.856. The van der Waals surface area contributed by atoms with Crippen molar-refractivity contribution in [1.29, 1.82) is 0 Å². The van der Waals surface area contributed by atoms with Crippen LogP contribution < -0.4 is 0 Å². The Balaban J connectivity index is 2.64. The second kappa shape index (κ2) is 4.44. The molecule has 0 fully saturated rings. The fraction of sp³-hybridized carbons (Fsp3) is 0.286. The monoisotopic (exact) mass is 212 g/mol. The van der Waals surface area contributed by atoms with Gasteiger partial charge in [-0.3, -0.25) is 0 Å². The summed E-state index contributed by atoms with van der Waals surface area (Å²) in [5, 5.41) is 0. The molecular weight excluding hydrogens is 196 g/mol. The topological polar surface area (TPSA) is 25.8 Å². The minimum Gasteiger partial charge on any atom is -0.238 e. The molecule has 0 bridgehead atoms. The molecule has 0 aliphatic carbocycles. The zero-order chi connectivity index (χ0) is 11.5. The van der Waals surface area contributed by atoms with E-state index in [1.54, 1.807) is 0 Å². The van der Waals surface area contributed by atoms with E-state index in [2.05, 4.69) is 35.9 Å². The Kier molecular flexibility index (Phi) is 3.00. The first kappa shape index (κ1) is 10.8. The van der Waals surface area contributed by atoms with Crippen LogP contribution in [0.5, 0.6) is 0 Å². The van der Waals surface area contributed by atoms with Gasteiger partial charge in [0.25, 0.3) is 0 Å². The molecular formula is C14H16N2. The number of hydrogen-bond acceptors (Lipinski definition) is 2. The largest absolute Gasteiger partial charge is 0.238 e. The molecule has 0 atom stereocenters. The van der Waals surface area contributed by atoms with Crippen LogP contribution in [-0.4, -0.2) is 9.97 Å². The van der Waals surface area contributed by atoms with Crippen LogP contribution in [0, 0.1) is 13.8 Å². The van der Waals surface area contributed by atoms with Crippen LogP contribution >= 0.6 is 0 Å². The summed E-state index contributed by atoms with van der Waals surface area (Å²) in [7, 11) is 0. The molecule has 2 aromatic rings. The normalized spacial score (nSPS) is 10.4. The molecule has 16 heavy (non-hydrogen) atoms. The quantitative estimate of drug-likeness (QED) is 0.763. The average molecular weight is 212 g/mol. The van der Waals surface area contributed by atoms with Crippen molar-refractivity contribution in [2.75, 3.05) is 0 Å². The number of aromatic nitrogens is 2. The molecule has 0 amide bonds. The Labute approximate surface area is 96.4 Å². The predicted octanol–water partition coefficient (Wildman–Crippen LogP) is 3.32. The molecule has 0 unspecified atom stereocenters. The zero-order valence-electron chi connectivity index (χ0n) is 9.99. The summed E-state index contributed by atoms with van der Waals surface area (Å²) in [4.78, 5) is 8.97.